The summed E-state index contributed by atoms with van der Waals surface area (Å²) in [5.74, 6) is -0.259. The van der Waals surface area contributed by atoms with Crippen molar-refractivity contribution in [1.82, 2.24) is 0 Å². The van der Waals surface area contributed by atoms with E-state index in [-0.39, 0.29) is 11.5 Å². The van der Waals surface area contributed by atoms with Crippen LogP contribution < -0.4 is 10.4 Å². The second-order valence-electron chi connectivity index (χ2n) is 2.73. The fourth-order valence-electron chi connectivity index (χ4n) is 0.991. The predicted molar refractivity (Wildman–Crippen MR) is 53.8 cm³/mol. The van der Waals surface area contributed by atoms with Crippen molar-refractivity contribution in [3.63, 3.8) is 0 Å². The summed E-state index contributed by atoms with van der Waals surface area (Å²) in [5.41, 5.74) is 0. The molecule has 0 aliphatic carbocycles. The van der Waals surface area contributed by atoms with Gasteiger partial charge < -0.3 is 10.2 Å². The van der Waals surface area contributed by atoms with Crippen LogP contribution in [0.25, 0.3) is 12.7 Å². The van der Waals surface area contributed by atoms with Gasteiger partial charge in [0.15, 0.2) is 11.5 Å². The van der Waals surface area contributed by atoms with Gasteiger partial charge >= 0.3 is 0 Å². The third-order valence-electron chi connectivity index (χ3n) is 1.70. The maximum Gasteiger partial charge on any atom is 0.158 e. The molecule has 0 saturated heterocycles. The fraction of sp³-hybridized carbons (Fsp3) is 0.0909. The van der Waals surface area contributed by atoms with Crippen molar-refractivity contribution >= 4 is 12.7 Å². The smallest absolute Gasteiger partial charge is 0.158 e. The van der Waals surface area contributed by atoms with Gasteiger partial charge in [0, 0.05) is 0 Å². The van der Waals surface area contributed by atoms with Crippen LogP contribution in [0, 0.1) is 0 Å². The maximum atomic E-state index is 9.20. The van der Waals surface area contributed by atoms with Gasteiger partial charge in [-0.2, -0.15) is 0 Å². The van der Waals surface area contributed by atoms with Gasteiger partial charge in [0.25, 0.3) is 0 Å². The number of hydrogen-bond acceptors (Lipinski definition) is 2. The molecule has 0 fully saturated rings. The second-order valence-corrected chi connectivity index (χ2v) is 2.73. The Morgan fingerprint density at radius 2 is 1.85 bits per heavy atom. The highest BCUT2D eigenvalue weighted by Gasteiger charge is 1.96. The normalized spacial score (nSPS) is 12.5. The summed E-state index contributed by atoms with van der Waals surface area (Å²) in [6.45, 7) is 5.64. The standard InChI is InChI=1S/C11H12O2/c1-3-4-5-9-7-11(13)10(12)6-8(9)2/h3-7,12-13H,2H2,1H3/b4-3-,9-5-. The van der Waals surface area contributed by atoms with Gasteiger partial charge in [0.05, 0.1) is 0 Å². The van der Waals surface area contributed by atoms with Gasteiger partial charge in [-0.15, -0.1) is 0 Å². The summed E-state index contributed by atoms with van der Waals surface area (Å²) >= 11 is 0. The van der Waals surface area contributed by atoms with Crippen LogP contribution in [-0.4, -0.2) is 10.2 Å². The molecule has 0 aromatic heterocycles. The molecule has 0 amide bonds. The first kappa shape index (κ1) is 9.39. The molecule has 0 aliphatic heterocycles. The van der Waals surface area contributed by atoms with E-state index in [1.165, 1.54) is 12.1 Å². The van der Waals surface area contributed by atoms with Crippen LogP contribution in [-0.2, 0) is 0 Å². The third kappa shape index (κ3) is 2.12. The lowest BCUT2D eigenvalue weighted by atomic mass is 10.2. The van der Waals surface area contributed by atoms with Crippen molar-refractivity contribution in [3.05, 3.63) is 34.7 Å². The van der Waals surface area contributed by atoms with Crippen LogP contribution in [0.2, 0.25) is 0 Å². The zero-order valence-electron chi connectivity index (χ0n) is 7.49. The highest BCUT2D eigenvalue weighted by Crippen LogP contribution is 2.17. The molecular weight excluding hydrogens is 164 g/mol. The SMILES string of the molecule is C=c1cc(O)c(O)c/c1=C/C=C\C. The molecule has 2 N–H and O–H groups in total. The molecule has 0 atom stereocenters. The van der Waals surface area contributed by atoms with Gasteiger partial charge in [-0.25, -0.2) is 0 Å². The van der Waals surface area contributed by atoms with E-state index >= 15 is 0 Å². The maximum absolute atomic E-state index is 9.20. The molecular formula is C11H12O2. The number of allylic oxidation sites excluding steroid dienone is 2. The minimum Gasteiger partial charge on any atom is -0.504 e. The van der Waals surface area contributed by atoms with Gasteiger partial charge in [0.1, 0.15) is 0 Å². The first-order valence-electron chi connectivity index (χ1n) is 3.99. The predicted octanol–water partition coefficient (Wildman–Crippen LogP) is 0.865. The number of phenolic OH excluding ortho intramolecular Hbond substituents is 2. The highest BCUT2D eigenvalue weighted by atomic mass is 16.3. The summed E-state index contributed by atoms with van der Waals surface area (Å²) in [4.78, 5) is 0. The molecule has 0 unspecified atom stereocenters. The van der Waals surface area contributed by atoms with E-state index in [0.717, 1.165) is 5.22 Å². The molecule has 0 radical (unpaired) electrons. The van der Waals surface area contributed by atoms with Gasteiger partial charge in [0.2, 0.25) is 0 Å². The Hall–Kier alpha value is -1.70. The van der Waals surface area contributed by atoms with Crippen LogP contribution in [0.3, 0.4) is 0 Å². The van der Waals surface area contributed by atoms with Crippen LogP contribution in [0.1, 0.15) is 6.92 Å². The quantitative estimate of drug-likeness (QED) is 0.623. The van der Waals surface area contributed by atoms with Gasteiger partial charge in [-0.1, -0.05) is 24.8 Å². The molecule has 1 aromatic rings. The fourth-order valence-corrected chi connectivity index (χ4v) is 0.991. The topological polar surface area (TPSA) is 40.5 Å². The van der Waals surface area contributed by atoms with E-state index in [4.69, 9.17) is 5.11 Å². The summed E-state index contributed by atoms with van der Waals surface area (Å²) in [6, 6.07) is 2.92. The minimum atomic E-state index is -0.136. The number of rotatable bonds is 1. The molecule has 68 valence electrons. The van der Waals surface area contributed by atoms with Gasteiger partial charge in [-0.3, -0.25) is 0 Å². The molecule has 2 nitrogen and oxygen atoms in total. The van der Waals surface area contributed by atoms with E-state index in [1.807, 2.05) is 25.2 Å². The zero-order chi connectivity index (χ0) is 9.84. The molecule has 1 aromatic carbocycles. The average molecular weight is 176 g/mol. The highest BCUT2D eigenvalue weighted by molar-refractivity contribution is 5.45. The van der Waals surface area contributed by atoms with Crippen molar-refractivity contribution in [1.29, 1.82) is 0 Å². The summed E-state index contributed by atoms with van der Waals surface area (Å²) < 4.78 is 0. The first-order valence-corrected chi connectivity index (χ1v) is 3.99. The number of benzene rings is 1. The summed E-state index contributed by atoms with van der Waals surface area (Å²) in [6.07, 6.45) is 5.55. The van der Waals surface area contributed by atoms with E-state index in [9.17, 15) is 5.11 Å². The van der Waals surface area contributed by atoms with Crippen LogP contribution in [0.15, 0.2) is 24.3 Å². The summed E-state index contributed by atoms with van der Waals surface area (Å²) in [5, 5.41) is 19.8. The molecule has 0 spiro atoms. The Balaban J connectivity index is 3.40. The van der Waals surface area contributed by atoms with E-state index in [2.05, 4.69) is 6.58 Å². The number of phenols is 2. The van der Waals surface area contributed by atoms with Crippen molar-refractivity contribution in [2.45, 2.75) is 6.92 Å². The Kier molecular flexibility index (Phi) is 2.75. The van der Waals surface area contributed by atoms with E-state index < -0.39 is 0 Å². The van der Waals surface area contributed by atoms with E-state index in [1.54, 1.807) is 0 Å². The van der Waals surface area contributed by atoms with Crippen molar-refractivity contribution < 1.29 is 10.2 Å². The lowest BCUT2D eigenvalue weighted by Gasteiger charge is -1.95. The van der Waals surface area contributed by atoms with Crippen molar-refractivity contribution in [3.8, 4) is 11.5 Å². The third-order valence-corrected chi connectivity index (χ3v) is 1.70. The van der Waals surface area contributed by atoms with Crippen molar-refractivity contribution in [2.75, 3.05) is 0 Å². The Morgan fingerprint density at radius 1 is 1.23 bits per heavy atom. The second kappa shape index (κ2) is 3.81. The lowest BCUT2D eigenvalue weighted by Crippen LogP contribution is -2.21. The molecule has 0 heterocycles. The molecule has 13 heavy (non-hydrogen) atoms. The van der Waals surface area contributed by atoms with Crippen molar-refractivity contribution in [2.24, 2.45) is 0 Å². The average Bonchev–Trinajstić information content (AvgIpc) is 2.09. The monoisotopic (exact) mass is 176 g/mol. The zero-order valence-corrected chi connectivity index (χ0v) is 7.49. The summed E-state index contributed by atoms with van der Waals surface area (Å²) in [7, 11) is 0. The van der Waals surface area contributed by atoms with Crippen LogP contribution >= 0.6 is 0 Å². The molecule has 1 rings (SSSR count). The molecule has 0 aliphatic rings. The lowest BCUT2D eigenvalue weighted by molar-refractivity contribution is 0.403. The number of hydrogen-bond donors (Lipinski definition) is 2. The van der Waals surface area contributed by atoms with Crippen LogP contribution in [0.4, 0.5) is 0 Å². The number of aromatic hydroxyl groups is 2. The Bertz CT molecular complexity index is 430. The van der Waals surface area contributed by atoms with Crippen LogP contribution in [0.5, 0.6) is 11.5 Å². The molecule has 0 saturated carbocycles. The minimum absolute atomic E-state index is 0.122. The van der Waals surface area contributed by atoms with Gasteiger partial charge in [-0.05, 0) is 29.5 Å². The Labute approximate surface area is 76.8 Å². The molecule has 2 heteroatoms. The van der Waals surface area contributed by atoms with E-state index in [0.29, 0.717) is 5.22 Å². The Morgan fingerprint density at radius 3 is 2.46 bits per heavy atom. The largest absolute Gasteiger partial charge is 0.504 e. The molecule has 0 bridgehead atoms. The first-order chi connectivity index (χ1) is 6.15.